The maximum absolute atomic E-state index is 12.9. The van der Waals surface area contributed by atoms with E-state index < -0.39 is 22.2 Å². The second kappa shape index (κ2) is 5.66. The number of aromatic nitrogens is 1. The highest BCUT2D eigenvalue weighted by Crippen LogP contribution is 2.33. The zero-order chi connectivity index (χ0) is 16.7. The van der Waals surface area contributed by atoms with Crippen LogP contribution in [0, 0.1) is 0 Å². The summed E-state index contributed by atoms with van der Waals surface area (Å²) in [6, 6.07) is 15.5. The van der Waals surface area contributed by atoms with Crippen LogP contribution in [0.15, 0.2) is 65.7 Å². The van der Waals surface area contributed by atoms with Gasteiger partial charge in [-0.1, -0.05) is 42.5 Å². The Balaban J connectivity index is 1.76. The molecule has 0 saturated heterocycles. The van der Waals surface area contributed by atoms with Crippen LogP contribution in [0.3, 0.4) is 0 Å². The number of hydrogen-bond acceptors (Lipinski definition) is 4. The summed E-state index contributed by atoms with van der Waals surface area (Å²) in [5.41, 5.74) is 2.21. The summed E-state index contributed by atoms with van der Waals surface area (Å²) in [4.78, 5) is 4.33. The molecule has 1 aliphatic carbocycles. The molecule has 24 heavy (non-hydrogen) atoms. The largest absolute Gasteiger partial charge is 0.391 e. The smallest absolute Gasteiger partial charge is 0.243 e. The number of pyridine rings is 1. The Morgan fingerprint density at radius 1 is 1.04 bits per heavy atom. The first-order chi connectivity index (χ1) is 11.6. The molecule has 0 saturated carbocycles. The average molecular weight is 340 g/mol. The monoisotopic (exact) mass is 340 g/mol. The van der Waals surface area contributed by atoms with Crippen molar-refractivity contribution in [1.82, 2.24) is 9.71 Å². The fraction of sp³-hybridized carbons (Fsp3) is 0.167. The van der Waals surface area contributed by atoms with E-state index in [0.717, 1.165) is 16.5 Å². The summed E-state index contributed by atoms with van der Waals surface area (Å²) < 4.78 is 28.4. The Hall–Kier alpha value is -2.28. The van der Waals surface area contributed by atoms with Gasteiger partial charge in [-0.3, -0.25) is 4.98 Å². The second-order valence-electron chi connectivity index (χ2n) is 5.90. The van der Waals surface area contributed by atoms with Crippen molar-refractivity contribution in [2.45, 2.75) is 23.5 Å². The normalized spacial score (nSPS) is 20.2. The van der Waals surface area contributed by atoms with Gasteiger partial charge in [-0.15, -0.1) is 0 Å². The first-order valence-electron chi connectivity index (χ1n) is 7.68. The van der Waals surface area contributed by atoms with Crippen molar-refractivity contribution in [3.05, 3.63) is 71.9 Å². The fourth-order valence-corrected chi connectivity index (χ4v) is 4.67. The van der Waals surface area contributed by atoms with E-state index in [1.165, 1.54) is 6.07 Å². The van der Waals surface area contributed by atoms with Gasteiger partial charge in [0, 0.05) is 18.0 Å². The zero-order valence-electron chi connectivity index (χ0n) is 12.8. The van der Waals surface area contributed by atoms with Crippen molar-refractivity contribution >= 4 is 20.9 Å². The minimum Gasteiger partial charge on any atom is -0.391 e. The van der Waals surface area contributed by atoms with Crippen molar-refractivity contribution in [2.75, 3.05) is 0 Å². The quantitative estimate of drug-likeness (QED) is 0.766. The number of fused-ring (bicyclic) bond motifs is 2. The first-order valence-corrected chi connectivity index (χ1v) is 9.16. The molecule has 0 amide bonds. The van der Waals surface area contributed by atoms with Gasteiger partial charge in [0.15, 0.2) is 0 Å². The maximum atomic E-state index is 12.9. The maximum Gasteiger partial charge on any atom is 0.243 e. The van der Waals surface area contributed by atoms with E-state index in [2.05, 4.69) is 9.71 Å². The van der Waals surface area contributed by atoms with Gasteiger partial charge in [-0.05, 0) is 23.3 Å². The predicted molar refractivity (Wildman–Crippen MR) is 91.0 cm³/mol. The summed E-state index contributed by atoms with van der Waals surface area (Å²) in [5.74, 6) is 0. The molecule has 0 bridgehead atoms. The molecular formula is C18H16N2O3S. The van der Waals surface area contributed by atoms with Crippen LogP contribution >= 0.6 is 0 Å². The lowest BCUT2D eigenvalue weighted by Gasteiger charge is -2.18. The zero-order valence-corrected chi connectivity index (χ0v) is 13.6. The molecule has 0 aliphatic heterocycles. The third-order valence-electron chi connectivity index (χ3n) is 4.37. The van der Waals surface area contributed by atoms with E-state index >= 15 is 0 Å². The van der Waals surface area contributed by atoms with Crippen LogP contribution in [0.4, 0.5) is 0 Å². The van der Waals surface area contributed by atoms with Gasteiger partial charge in [-0.25, -0.2) is 13.1 Å². The van der Waals surface area contributed by atoms with Gasteiger partial charge in [0.2, 0.25) is 10.0 Å². The van der Waals surface area contributed by atoms with Crippen molar-refractivity contribution in [2.24, 2.45) is 0 Å². The molecule has 122 valence electrons. The van der Waals surface area contributed by atoms with Crippen LogP contribution in [0.5, 0.6) is 0 Å². The summed E-state index contributed by atoms with van der Waals surface area (Å²) in [7, 11) is -3.82. The van der Waals surface area contributed by atoms with Crippen LogP contribution in [0.1, 0.15) is 17.2 Å². The molecule has 4 rings (SSSR count). The van der Waals surface area contributed by atoms with Gasteiger partial charge in [0.1, 0.15) is 4.90 Å². The number of nitrogens with zero attached hydrogens (tertiary/aromatic N) is 1. The minimum absolute atomic E-state index is 0.122. The Morgan fingerprint density at radius 3 is 2.71 bits per heavy atom. The van der Waals surface area contributed by atoms with E-state index in [0.29, 0.717) is 11.9 Å². The lowest BCUT2D eigenvalue weighted by atomic mass is 10.1. The van der Waals surface area contributed by atoms with Gasteiger partial charge < -0.3 is 5.11 Å². The van der Waals surface area contributed by atoms with Crippen LogP contribution in [0.2, 0.25) is 0 Å². The van der Waals surface area contributed by atoms with Crippen molar-refractivity contribution in [3.8, 4) is 0 Å². The third-order valence-corrected chi connectivity index (χ3v) is 5.84. The molecule has 2 aromatic carbocycles. The van der Waals surface area contributed by atoms with E-state index in [9.17, 15) is 13.5 Å². The summed E-state index contributed by atoms with van der Waals surface area (Å²) in [6.45, 7) is 0. The molecule has 1 aliphatic rings. The van der Waals surface area contributed by atoms with Crippen molar-refractivity contribution in [3.63, 3.8) is 0 Å². The molecule has 1 aromatic heterocycles. The van der Waals surface area contributed by atoms with Gasteiger partial charge in [0.25, 0.3) is 0 Å². The standard InChI is InChI=1S/C18H16N2O3S/c21-15-11-13-5-1-2-8-14(13)18(15)20-24(22,23)16-9-3-6-12-7-4-10-19-17(12)16/h1-10,15,18,20-21H,11H2/t15-,18+/m1/s1. The van der Waals surface area contributed by atoms with E-state index in [4.69, 9.17) is 0 Å². The van der Waals surface area contributed by atoms with Crippen molar-refractivity contribution < 1.29 is 13.5 Å². The number of rotatable bonds is 3. The molecule has 3 aromatic rings. The van der Waals surface area contributed by atoms with Gasteiger partial charge in [-0.2, -0.15) is 0 Å². The summed E-state index contributed by atoms with van der Waals surface area (Å²) >= 11 is 0. The average Bonchev–Trinajstić information content (AvgIpc) is 2.90. The highest BCUT2D eigenvalue weighted by Gasteiger charge is 2.34. The number of nitrogens with one attached hydrogen (secondary N) is 1. The number of benzene rings is 2. The van der Waals surface area contributed by atoms with Gasteiger partial charge >= 0.3 is 0 Å². The number of para-hydroxylation sites is 1. The van der Waals surface area contributed by atoms with Gasteiger partial charge in [0.05, 0.1) is 17.7 Å². The van der Waals surface area contributed by atoms with Crippen LogP contribution in [-0.2, 0) is 16.4 Å². The van der Waals surface area contributed by atoms with Crippen molar-refractivity contribution in [1.29, 1.82) is 0 Å². The minimum atomic E-state index is -3.82. The lowest BCUT2D eigenvalue weighted by molar-refractivity contribution is 0.151. The molecule has 0 unspecified atom stereocenters. The molecular weight excluding hydrogens is 324 g/mol. The molecule has 1 heterocycles. The molecule has 2 N–H and O–H groups in total. The SMILES string of the molecule is O=S(=O)(N[C@H]1c2ccccc2C[C@H]1O)c1cccc2cccnc12. The fourth-order valence-electron chi connectivity index (χ4n) is 3.24. The van der Waals surface area contributed by atoms with E-state index in [1.807, 2.05) is 36.4 Å². The van der Waals surface area contributed by atoms with E-state index in [-0.39, 0.29) is 4.90 Å². The summed E-state index contributed by atoms with van der Waals surface area (Å²) in [6.07, 6.45) is 1.23. The predicted octanol–water partition coefficient (Wildman–Crippen LogP) is 2.17. The Bertz CT molecular complexity index is 1010. The molecule has 5 nitrogen and oxygen atoms in total. The third kappa shape index (κ3) is 2.49. The highest BCUT2D eigenvalue weighted by molar-refractivity contribution is 7.89. The second-order valence-corrected chi connectivity index (χ2v) is 7.58. The molecule has 6 heteroatoms. The summed E-state index contributed by atoms with van der Waals surface area (Å²) in [5, 5.41) is 11.0. The molecule has 2 atom stereocenters. The van der Waals surface area contributed by atoms with Crippen LogP contribution < -0.4 is 4.72 Å². The Morgan fingerprint density at radius 2 is 1.83 bits per heavy atom. The lowest BCUT2D eigenvalue weighted by Crippen LogP contribution is -2.34. The Labute approximate surface area is 140 Å². The number of sulfonamides is 1. The molecule has 0 fully saturated rings. The Kier molecular flexibility index (Phi) is 3.60. The van der Waals surface area contributed by atoms with Crippen LogP contribution in [0.25, 0.3) is 10.9 Å². The molecule has 0 spiro atoms. The topological polar surface area (TPSA) is 79.3 Å². The number of hydrogen-bond donors (Lipinski definition) is 2. The number of aliphatic hydroxyl groups is 1. The number of aliphatic hydroxyl groups excluding tert-OH is 1. The van der Waals surface area contributed by atoms with Crippen LogP contribution in [-0.4, -0.2) is 24.6 Å². The highest BCUT2D eigenvalue weighted by atomic mass is 32.2. The first kappa shape index (κ1) is 15.3. The van der Waals surface area contributed by atoms with E-state index in [1.54, 1.807) is 18.3 Å². The molecule has 0 radical (unpaired) electrons.